The average Bonchev–Trinajstić information content (AvgIpc) is 3.31. The highest BCUT2D eigenvalue weighted by Gasteiger charge is 2.22. The van der Waals surface area contributed by atoms with E-state index in [-0.39, 0.29) is 18.2 Å². The number of furan rings is 1. The van der Waals surface area contributed by atoms with Crippen LogP contribution in [-0.4, -0.2) is 22.2 Å². The monoisotopic (exact) mass is 377 g/mol. The van der Waals surface area contributed by atoms with Crippen LogP contribution in [0.5, 0.6) is 0 Å². The summed E-state index contributed by atoms with van der Waals surface area (Å²) in [5.41, 5.74) is 1.55. The van der Waals surface area contributed by atoms with Gasteiger partial charge in [-0.25, -0.2) is 4.79 Å². The molecule has 1 atom stereocenters. The number of amides is 1. The number of fused-ring (bicyclic) bond motifs is 1. The second-order valence-electron chi connectivity index (χ2n) is 6.60. The summed E-state index contributed by atoms with van der Waals surface area (Å²) in [6, 6.07) is 13.8. The molecule has 7 nitrogen and oxygen atoms in total. The molecule has 0 saturated heterocycles. The van der Waals surface area contributed by atoms with E-state index in [1.54, 1.807) is 41.3 Å². The molecule has 4 aromatic rings. The second-order valence-corrected chi connectivity index (χ2v) is 6.60. The van der Waals surface area contributed by atoms with Crippen molar-refractivity contribution >= 4 is 16.9 Å². The summed E-state index contributed by atoms with van der Waals surface area (Å²) in [5.74, 6) is 0.162. The molecule has 0 fully saturated rings. The van der Waals surface area contributed by atoms with Crippen LogP contribution in [0.3, 0.4) is 0 Å². The van der Waals surface area contributed by atoms with E-state index in [4.69, 9.17) is 8.83 Å². The van der Waals surface area contributed by atoms with Gasteiger partial charge in [-0.15, -0.1) is 0 Å². The SMILES string of the molecule is Cc1cc(C)n(C(CNC(=O)c2cc3ccccc3oc2=O)c2ccco2)n1. The van der Waals surface area contributed by atoms with Gasteiger partial charge in [-0.3, -0.25) is 9.48 Å². The molecule has 0 aliphatic rings. The maximum Gasteiger partial charge on any atom is 0.349 e. The maximum absolute atomic E-state index is 12.7. The number of nitrogens with zero attached hydrogens (tertiary/aromatic N) is 2. The first-order chi connectivity index (χ1) is 13.5. The van der Waals surface area contributed by atoms with Gasteiger partial charge >= 0.3 is 5.63 Å². The Morgan fingerprint density at radius 2 is 2.00 bits per heavy atom. The summed E-state index contributed by atoms with van der Waals surface area (Å²) in [6.07, 6.45) is 1.58. The smallest absolute Gasteiger partial charge is 0.349 e. The molecular formula is C21H19N3O4. The molecule has 0 bridgehead atoms. The lowest BCUT2D eigenvalue weighted by Crippen LogP contribution is -2.34. The molecule has 1 amide bonds. The molecule has 0 aliphatic heterocycles. The molecule has 0 spiro atoms. The maximum atomic E-state index is 12.7. The number of carbonyl (C=O) groups is 1. The van der Waals surface area contributed by atoms with Crippen LogP contribution in [0.15, 0.2) is 68.4 Å². The molecule has 0 radical (unpaired) electrons. The molecule has 7 heteroatoms. The van der Waals surface area contributed by atoms with E-state index < -0.39 is 11.5 Å². The van der Waals surface area contributed by atoms with Gasteiger partial charge in [0.25, 0.3) is 5.91 Å². The Morgan fingerprint density at radius 1 is 1.18 bits per heavy atom. The van der Waals surface area contributed by atoms with Crippen molar-refractivity contribution in [2.45, 2.75) is 19.9 Å². The van der Waals surface area contributed by atoms with E-state index in [9.17, 15) is 9.59 Å². The van der Waals surface area contributed by atoms with Gasteiger partial charge in [0.05, 0.1) is 12.0 Å². The van der Waals surface area contributed by atoms with Gasteiger partial charge in [0.15, 0.2) is 0 Å². The molecule has 3 aromatic heterocycles. The van der Waals surface area contributed by atoms with Crippen molar-refractivity contribution in [1.29, 1.82) is 0 Å². The van der Waals surface area contributed by atoms with Crippen LogP contribution in [0.25, 0.3) is 11.0 Å². The number of para-hydroxylation sites is 1. The molecular weight excluding hydrogens is 358 g/mol. The third kappa shape index (κ3) is 3.34. The van der Waals surface area contributed by atoms with Crippen molar-refractivity contribution in [3.05, 3.63) is 87.9 Å². The van der Waals surface area contributed by atoms with Crippen LogP contribution in [0.1, 0.15) is 33.5 Å². The predicted octanol–water partition coefficient (Wildman–Crippen LogP) is 3.22. The van der Waals surface area contributed by atoms with E-state index in [1.165, 1.54) is 0 Å². The summed E-state index contributed by atoms with van der Waals surface area (Å²) in [5, 5.41) is 8.00. The number of benzene rings is 1. The van der Waals surface area contributed by atoms with Gasteiger partial charge in [0, 0.05) is 17.6 Å². The van der Waals surface area contributed by atoms with E-state index >= 15 is 0 Å². The van der Waals surface area contributed by atoms with Crippen LogP contribution in [0.2, 0.25) is 0 Å². The van der Waals surface area contributed by atoms with Crippen LogP contribution in [-0.2, 0) is 0 Å². The van der Waals surface area contributed by atoms with Crippen LogP contribution in [0.4, 0.5) is 0 Å². The van der Waals surface area contributed by atoms with Gasteiger partial charge in [-0.2, -0.15) is 5.10 Å². The molecule has 142 valence electrons. The first-order valence-electron chi connectivity index (χ1n) is 8.90. The minimum atomic E-state index is -0.670. The molecule has 0 aliphatic carbocycles. The molecule has 28 heavy (non-hydrogen) atoms. The summed E-state index contributed by atoms with van der Waals surface area (Å²) in [6.45, 7) is 4.05. The lowest BCUT2D eigenvalue weighted by Gasteiger charge is -2.18. The highest BCUT2D eigenvalue weighted by atomic mass is 16.4. The minimum absolute atomic E-state index is 0.0368. The summed E-state index contributed by atoms with van der Waals surface area (Å²) >= 11 is 0. The third-order valence-corrected chi connectivity index (χ3v) is 4.55. The van der Waals surface area contributed by atoms with Gasteiger partial charge in [0.2, 0.25) is 0 Å². The molecule has 4 rings (SSSR count). The fraction of sp³-hybridized carbons (Fsp3) is 0.190. The Morgan fingerprint density at radius 3 is 2.71 bits per heavy atom. The van der Waals surface area contributed by atoms with Gasteiger partial charge in [-0.1, -0.05) is 18.2 Å². The Bertz CT molecular complexity index is 1190. The Kier molecular flexibility index (Phi) is 4.57. The summed E-state index contributed by atoms with van der Waals surface area (Å²) in [7, 11) is 0. The quantitative estimate of drug-likeness (QED) is 0.539. The Hall–Kier alpha value is -3.61. The first-order valence-corrected chi connectivity index (χ1v) is 8.90. The van der Waals surface area contributed by atoms with E-state index in [1.807, 2.05) is 32.0 Å². The number of carbonyl (C=O) groups excluding carboxylic acids is 1. The predicted molar refractivity (Wildman–Crippen MR) is 103 cm³/mol. The van der Waals surface area contributed by atoms with Gasteiger partial charge in [-0.05, 0) is 44.2 Å². The zero-order valence-electron chi connectivity index (χ0n) is 15.5. The Balaban J connectivity index is 1.61. The number of hydrogen-bond acceptors (Lipinski definition) is 5. The topological polar surface area (TPSA) is 90.3 Å². The lowest BCUT2D eigenvalue weighted by molar-refractivity contribution is 0.0944. The van der Waals surface area contributed by atoms with Crippen LogP contribution in [0, 0.1) is 13.8 Å². The average molecular weight is 377 g/mol. The number of aryl methyl sites for hydroxylation is 2. The fourth-order valence-corrected chi connectivity index (χ4v) is 3.25. The van der Waals surface area contributed by atoms with Crippen LogP contribution < -0.4 is 10.9 Å². The molecule has 1 aromatic carbocycles. The number of rotatable bonds is 5. The van der Waals surface area contributed by atoms with Gasteiger partial charge < -0.3 is 14.2 Å². The third-order valence-electron chi connectivity index (χ3n) is 4.55. The zero-order chi connectivity index (χ0) is 19.7. The van der Waals surface area contributed by atoms with Crippen molar-refractivity contribution in [3.8, 4) is 0 Å². The van der Waals surface area contributed by atoms with Gasteiger partial charge in [0.1, 0.15) is 22.9 Å². The minimum Gasteiger partial charge on any atom is -0.467 e. The van der Waals surface area contributed by atoms with E-state index in [2.05, 4.69) is 10.4 Å². The second kappa shape index (κ2) is 7.19. The van der Waals surface area contributed by atoms with Crippen LogP contribution >= 0.6 is 0 Å². The van der Waals surface area contributed by atoms with Crippen molar-refractivity contribution in [3.63, 3.8) is 0 Å². The van der Waals surface area contributed by atoms with Crippen molar-refractivity contribution < 1.29 is 13.6 Å². The molecule has 0 saturated carbocycles. The Labute approximate surface area is 160 Å². The number of nitrogens with one attached hydrogen (secondary N) is 1. The fourth-order valence-electron chi connectivity index (χ4n) is 3.25. The van der Waals surface area contributed by atoms with Crippen molar-refractivity contribution in [2.24, 2.45) is 0 Å². The largest absolute Gasteiger partial charge is 0.467 e. The number of aromatic nitrogens is 2. The zero-order valence-corrected chi connectivity index (χ0v) is 15.5. The molecule has 1 unspecified atom stereocenters. The van der Waals surface area contributed by atoms with E-state index in [0.29, 0.717) is 16.7 Å². The molecule has 1 N–H and O–H groups in total. The molecule has 3 heterocycles. The first kappa shape index (κ1) is 17.8. The highest BCUT2D eigenvalue weighted by molar-refractivity contribution is 5.96. The standard InChI is InChI=1S/C21H19N3O4/c1-13-10-14(2)24(23-13)17(19-8-5-9-27-19)12-22-20(25)16-11-15-6-3-4-7-18(15)28-21(16)26/h3-11,17H,12H2,1-2H3,(H,22,25). The number of hydrogen-bond donors (Lipinski definition) is 1. The van der Waals surface area contributed by atoms with Crippen molar-refractivity contribution in [1.82, 2.24) is 15.1 Å². The lowest BCUT2D eigenvalue weighted by atomic mass is 10.1. The highest BCUT2D eigenvalue weighted by Crippen LogP contribution is 2.20. The van der Waals surface area contributed by atoms with E-state index in [0.717, 1.165) is 11.4 Å². The summed E-state index contributed by atoms with van der Waals surface area (Å²) in [4.78, 5) is 24.9. The summed E-state index contributed by atoms with van der Waals surface area (Å²) < 4.78 is 12.6. The van der Waals surface area contributed by atoms with Crippen molar-refractivity contribution in [2.75, 3.05) is 6.54 Å². The normalized spacial score (nSPS) is 12.2.